The average molecular weight is 397 g/mol. The monoisotopic (exact) mass is 395 g/mol. The first-order valence-electron chi connectivity index (χ1n) is 6.55. The van der Waals surface area contributed by atoms with Crippen molar-refractivity contribution in [2.75, 3.05) is 26.2 Å². The van der Waals surface area contributed by atoms with Crippen LogP contribution in [0.1, 0.15) is 30.5 Å². The molecule has 1 fully saturated rings. The van der Waals surface area contributed by atoms with Gasteiger partial charge in [0.05, 0.1) is 5.56 Å². The van der Waals surface area contributed by atoms with Gasteiger partial charge in [0.2, 0.25) is 0 Å². The number of rotatable bonds is 3. The summed E-state index contributed by atoms with van der Waals surface area (Å²) in [7, 11) is 0. The fourth-order valence-electron chi connectivity index (χ4n) is 2.63. The Kier molecular flexibility index (Phi) is 9.26. The maximum atomic E-state index is 10.3. The highest BCUT2D eigenvalue weighted by Gasteiger charge is 2.26. The second-order valence-corrected chi connectivity index (χ2v) is 5.53. The second-order valence-electron chi connectivity index (χ2n) is 4.68. The van der Waals surface area contributed by atoms with Crippen molar-refractivity contribution in [3.8, 4) is 11.8 Å². The van der Waals surface area contributed by atoms with Gasteiger partial charge in [0.1, 0.15) is 11.8 Å². The van der Waals surface area contributed by atoms with Crippen molar-refractivity contribution in [2.45, 2.75) is 19.4 Å². The smallest absolute Gasteiger partial charge is 0.139 e. The highest BCUT2D eigenvalue weighted by molar-refractivity contribution is 9.10. The molecule has 0 bridgehead atoms. The summed E-state index contributed by atoms with van der Waals surface area (Å²) in [6.07, 6.45) is 0.904. The Morgan fingerprint density at radius 1 is 1.38 bits per heavy atom. The van der Waals surface area contributed by atoms with Gasteiger partial charge in [-0.3, -0.25) is 4.90 Å². The van der Waals surface area contributed by atoms with Gasteiger partial charge in [-0.05, 0) is 18.6 Å². The van der Waals surface area contributed by atoms with E-state index in [0.717, 1.165) is 42.6 Å². The molecule has 0 amide bonds. The molecule has 1 atom stereocenters. The fourth-order valence-corrected chi connectivity index (χ4v) is 3.21. The van der Waals surface area contributed by atoms with E-state index in [2.05, 4.69) is 33.1 Å². The molecule has 1 heterocycles. The van der Waals surface area contributed by atoms with E-state index in [1.165, 1.54) is 0 Å². The molecule has 0 unspecified atom stereocenters. The number of nitrogens with one attached hydrogen (secondary N) is 1. The third-order valence-corrected chi connectivity index (χ3v) is 4.29. The molecule has 1 aromatic rings. The summed E-state index contributed by atoms with van der Waals surface area (Å²) in [5.41, 5.74) is 1.18. The maximum absolute atomic E-state index is 10.3. The first-order valence-corrected chi connectivity index (χ1v) is 7.34. The zero-order chi connectivity index (χ0) is 13.8. The average Bonchev–Trinajstić information content (AvgIpc) is 2.44. The van der Waals surface area contributed by atoms with Crippen LogP contribution in [0.2, 0.25) is 0 Å². The SMILES string of the molecule is CC[C@H](c1c(Br)ccc(C#N)c1O)N1CCNCC1.Cl.Cl. The zero-order valence-electron chi connectivity index (χ0n) is 11.8. The van der Waals surface area contributed by atoms with Gasteiger partial charge in [0.25, 0.3) is 0 Å². The maximum Gasteiger partial charge on any atom is 0.139 e. The number of benzene rings is 1. The zero-order valence-corrected chi connectivity index (χ0v) is 15.0. The van der Waals surface area contributed by atoms with E-state index in [4.69, 9.17) is 5.26 Å². The van der Waals surface area contributed by atoms with E-state index >= 15 is 0 Å². The molecule has 0 radical (unpaired) electrons. The highest BCUT2D eigenvalue weighted by Crippen LogP contribution is 2.38. The standard InChI is InChI=1S/C14H18BrN3O.2ClH/c1-2-12(18-7-5-17-6-8-18)13-11(15)4-3-10(9-16)14(13)19;;/h3-4,12,17,19H,2,5-8H2,1H3;2*1H/t12-;;/m1../s1. The molecule has 1 aliphatic rings. The predicted molar refractivity (Wildman–Crippen MR) is 92.5 cm³/mol. The summed E-state index contributed by atoms with van der Waals surface area (Å²) in [5, 5.41) is 22.7. The largest absolute Gasteiger partial charge is 0.506 e. The van der Waals surface area contributed by atoms with Crippen LogP contribution in [-0.2, 0) is 0 Å². The number of nitriles is 1. The van der Waals surface area contributed by atoms with Gasteiger partial charge in [-0.15, -0.1) is 24.8 Å². The second kappa shape index (κ2) is 9.50. The number of phenols is 1. The van der Waals surface area contributed by atoms with Gasteiger partial charge in [-0.1, -0.05) is 22.9 Å². The van der Waals surface area contributed by atoms with Crippen LogP contribution in [0.5, 0.6) is 5.75 Å². The number of nitrogens with zero attached hydrogens (tertiary/aromatic N) is 2. The van der Waals surface area contributed by atoms with E-state index in [1.807, 2.05) is 12.1 Å². The van der Waals surface area contributed by atoms with Crippen LogP contribution >= 0.6 is 40.7 Å². The van der Waals surface area contributed by atoms with E-state index in [-0.39, 0.29) is 36.6 Å². The number of halogens is 3. The van der Waals surface area contributed by atoms with Crippen LogP contribution in [0, 0.1) is 11.3 Å². The molecule has 0 spiro atoms. The molecular weight excluding hydrogens is 377 g/mol. The van der Waals surface area contributed by atoms with E-state index < -0.39 is 0 Å². The summed E-state index contributed by atoms with van der Waals surface area (Å²) < 4.78 is 0.870. The summed E-state index contributed by atoms with van der Waals surface area (Å²) >= 11 is 3.51. The van der Waals surface area contributed by atoms with Crippen LogP contribution in [0.25, 0.3) is 0 Å². The Hall–Kier alpha value is -0.510. The first-order chi connectivity index (χ1) is 9.19. The summed E-state index contributed by atoms with van der Waals surface area (Å²) in [6, 6.07) is 5.68. The number of aromatic hydroxyl groups is 1. The molecule has 0 aromatic heterocycles. The Morgan fingerprint density at radius 2 is 2.00 bits per heavy atom. The third-order valence-electron chi connectivity index (χ3n) is 3.60. The topological polar surface area (TPSA) is 59.3 Å². The van der Waals surface area contributed by atoms with E-state index in [9.17, 15) is 5.11 Å². The van der Waals surface area contributed by atoms with Crippen molar-refractivity contribution in [3.05, 3.63) is 27.7 Å². The quantitative estimate of drug-likeness (QED) is 0.823. The minimum Gasteiger partial charge on any atom is -0.506 e. The van der Waals surface area contributed by atoms with Gasteiger partial charge < -0.3 is 10.4 Å². The highest BCUT2D eigenvalue weighted by atomic mass is 79.9. The summed E-state index contributed by atoms with van der Waals surface area (Å²) in [5.74, 6) is 0.113. The lowest BCUT2D eigenvalue weighted by atomic mass is 9.98. The van der Waals surface area contributed by atoms with Crippen molar-refractivity contribution in [1.29, 1.82) is 5.26 Å². The van der Waals surface area contributed by atoms with Gasteiger partial charge in [0, 0.05) is 42.3 Å². The van der Waals surface area contributed by atoms with Crippen molar-refractivity contribution in [1.82, 2.24) is 10.2 Å². The van der Waals surface area contributed by atoms with Gasteiger partial charge >= 0.3 is 0 Å². The predicted octanol–water partition coefficient (Wildman–Crippen LogP) is 3.23. The van der Waals surface area contributed by atoms with Crippen LogP contribution in [0.15, 0.2) is 16.6 Å². The Bertz CT molecular complexity index is 502. The Morgan fingerprint density at radius 3 is 2.52 bits per heavy atom. The van der Waals surface area contributed by atoms with Crippen molar-refractivity contribution in [3.63, 3.8) is 0 Å². The Balaban J connectivity index is 0.00000200. The molecule has 1 aliphatic heterocycles. The van der Waals surface area contributed by atoms with Crippen LogP contribution in [0.4, 0.5) is 0 Å². The lowest BCUT2D eigenvalue weighted by molar-refractivity contribution is 0.166. The molecule has 1 saturated heterocycles. The molecule has 2 rings (SSSR count). The number of piperazine rings is 1. The lowest BCUT2D eigenvalue weighted by Gasteiger charge is -2.35. The fraction of sp³-hybridized carbons (Fsp3) is 0.500. The Labute approximate surface area is 146 Å². The first kappa shape index (κ1) is 20.5. The number of hydrogen-bond acceptors (Lipinski definition) is 4. The normalized spacial score (nSPS) is 16.2. The van der Waals surface area contributed by atoms with Crippen molar-refractivity contribution in [2.24, 2.45) is 0 Å². The number of hydrogen-bond donors (Lipinski definition) is 2. The molecule has 0 saturated carbocycles. The van der Waals surface area contributed by atoms with Gasteiger partial charge in [-0.25, -0.2) is 0 Å². The molecule has 4 nitrogen and oxygen atoms in total. The van der Waals surface area contributed by atoms with Crippen molar-refractivity contribution < 1.29 is 5.11 Å². The van der Waals surface area contributed by atoms with E-state index in [0.29, 0.717) is 5.56 Å². The summed E-state index contributed by atoms with van der Waals surface area (Å²) in [4.78, 5) is 2.36. The van der Waals surface area contributed by atoms with Gasteiger partial charge in [0.15, 0.2) is 0 Å². The lowest BCUT2D eigenvalue weighted by Crippen LogP contribution is -2.45. The number of phenolic OH excluding ortho intramolecular Hbond substituents is 1. The van der Waals surface area contributed by atoms with Crippen LogP contribution in [-0.4, -0.2) is 36.2 Å². The molecule has 1 aromatic carbocycles. The molecule has 7 heteroatoms. The van der Waals surface area contributed by atoms with Crippen LogP contribution < -0.4 is 5.32 Å². The molecule has 2 N–H and O–H groups in total. The molecule has 0 aliphatic carbocycles. The van der Waals surface area contributed by atoms with Gasteiger partial charge in [-0.2, -0.15) is 5.26 Å². The third kappa shape index (κ3) is 4.48. The molecule has 118 valence electrons. The van der Waals surface area contributed by atoms with E-state index in [1.54, 1.807) is 6.07 Å². The minimum atomic E-state index is 0. The minimum absolute atomic E-state index is 0. The summed E-state index contributed by atoms with van der Waals surface area (Å²) in [6.45, 7) is 5.96. The van der Waals surface area contributed by atoms with Crippen molar-refractivity contribution >= 4 is 40.7 Å². The van der Waals surface area contributed by atoms with Crippen LogP contribution in [0.3, 0.4) is 0 Å². The molecular formula is C14H20BrCl2N3O. The molecule has 21 heavy (non-hydrogen) atoms.